The van der Waals surface area contributed by atoms with E-state index in [1.807, 2.05) is 38.9 Å². The zero-order valence-corrected chi connectivity index (χ0v) is 35.9. The van der Waals surface area contributed by atoms with Crippen LogP contribution in [0.1, 0.15) is 86.6 Å². The molecular formula is C42H62N6O11. The number of aliphatic hydroxyl groups excluding tert-OH is 1. The molecule has 1 unspecified atom stereocenters. The number of fused-ring (bicyclic) bond motifs is 5. The van der Waals surface area contributed by atoms with Gasteiger partial charge in [-0.1, -0.05) is 32.0 Å². The van der Waals surface area contributed by atoms with E-state index in [9.17, 15) is 24.6 Å². The molecule has 1 amide bonds. The Morgan fingerprint density at radius 2 is 1.88 bits per heavy atom. The summed E-state index contributed by atoms with van der Waals surface area (Å²) in [7, 11) is 3.73. The van der Waals surface area contributed by atoms with Crippen LogP contribution in [0.4, 0.5) is 0 Å². The number of carbonyl (C=O) groups is 3. The summed E-state index contributed by atoms with van der Waals surface area (Å²) in [5.74, 6) is -3.94. The number of carbonyl (C=O) groups excluding carboxylic acids is 3. The van der Waals surface area contributed by atoms with Crippen molar-refractivity contribution in [3.05, 3.63) is 42.4 Å². The topological polar surface area (TPSA) is 206 Å². The molecule has 2 bridgehead atoms. The van der Waals surface area contributed by atoms with Gasteiger partial charge in [-0.15, -0.1) is 0 Å². The van der Waals surface area contributed by atoms with Gasteiger partial charge in [-0.2, -0.15) is 5.10 Å². The van der Waals surface area contributed by atoms with Crippen LogP contribution in [0.3, 0.4) is 0 Å². The number of hydrogen-bond acceptors (Lipinski definition) is 15. The number of aliphatic hydroxyl groups is 2. The number of pyridine rings is 1. The summed E-state index contributed by atoms with van der Waals surface area (Å²) in [6.07, 6.45) is 0.0258. The SMILES string of the molecule is CC[C@H]1OC(=O)[C@H](C)C(=O)[C@H](C)[C@@H](OC2O[C@H](C)C[C@H](N(C)C)[C@H]2O)[C@@]2(C)C[C@@H](C)C(=NC(C)=O)C[C@@H](OC/C(=N\OCc3ccc(-n4cccn4)nc3)CO2)[C@]1(C)O. The Kier molecular flexibility index (Phi) is 15.3. The molecule has 0 radical (unpaired) electrons. The van der Waals surface area contributed by atoms with Gasteiger partial charge in [-0.3, -0.25) is 14.4 Å². The number of Topliss-reactive ketones (excluding diaryl/α,β-unsaturated/α-hetero) is 1. The lowest BCUT2D eigenvalue weighted by Gasteiger charge is -2.47. The number of cyclic esters (lactones) is 1. The maximum Gasteiger partial charge on any atom is 0.316 e. The lowest BCUT2D eigenvalue weighted by atomic mass is 9.76. The highest BCUT2D eigenvalue weighted by atomic mass is 16.7. The number of ether oxygens (including phenoxy) is 5. The molecule has 0 spiro atoms. The number of oxime groups is 1. The van der Waals surface area contributed by atoms with E-state index in [-0.39, 0.29) is 51.2 Å². The number of amides is 1. The average molecular weight is 827 g/mol. The molecule has 0 saturated carbocycles. The highest BCUT2D eigenvalue weighted by molar-refractivity contribution is 6.00. The van der Waals surface area contributed by atoms with Crippen molar-refractivity contribution in [3.63, 3.8) is 0 Å². The first-order valence-corrected chi connectivity index (χ1v) is 20.4. The van der Waals surface area contributed by atoms with E-state index in [2.05, 4.69) is 20.2 Å². The van der Waals surface area contributed by atoms with Crippen molar-refractivity contribution in [1.82, 2.24) is 19.7 Å². The molecule has 5 heterocycles. The fourth-order valence-electron chi connectivity index (χ4n) is 8.26. The third-order valence-electron chi connectivity index (χ3n) is 11.7. The minimum absolute atomic E-state index is 0.0255. The summed E-state index contributed by atoms with van der Waals surface area (Å²) in [5.41, 5.74) is -1.80. The number of likely N-dealkylation sites (N-methyl/N-ethyl adjacent to an activating group) is 1. The van der Waals surface area contributed by atoms with Gasteiger partial charge in [-0.05, 0) is 79.1 Å². The molecule has 0 aromatic carbocycles. The second-order valence-corrected chi connectivity index (χ2v) is 16.8. The fraction of sp³-hybridized carbons (Fsp3) is 0.690. The van der Waals surface area contributed by atoms with Crippen molar-refractivity contribution in [1.29, 1.82) is 0 Å². The van der Waals surface area contributed by atoms with E-state index in [1.54, 1.807) is 56.2 Å². The van der Waals surface area contributed by atoms with Crippen molar-refractivity contribution in [2.75, 3.05) is 27.3 Å². The second-order valence-electron chi connectivity index (χ2n) is 16.8. The molecule has 5 rings (SSSR count). The fourth-order valence-corrected chi connectivity index (χ4v) is 8.26. The zero-order chi connectivity index (χ0) is 43.2. The Hall–Kier alpha value is -3.97. The van der Waals surface area contributed by atoms with Crippen molar-refractivity contribution in [3.8, 4) is 5.82 Å². The smallest absolute Gasteiger partial charge is 0.316 e. The number of nitrogens with zero attached hydrogens (tertiary/aromatic N) is 6. The summed E-state index contributed by atoms with van der Waals surface area (Å²) < 4.78 is 33.9. The van der Waals surface area contributed by atoms with Gasteiger partial charge in [0.05, 0.1) is 37.1 Å². The Balaban J connectivity index is 1.60. The van der Waals surface area contributed by atoms with Crippen LogP contribution < -0.4 is 0 Å². The molecule has 3 saturated heterocycles. The third-order valence-corrected chi connectivity index (χ3v) is 11.7. The molecule has 2 aromatic heterocycles. The summed E-state index contributed by atoms with van der Waals surface area (Å²) in [6.45, 7) is 12.9. The van der Waals surface area contributed by atoms with E-state index < -0.39 is 77.3 Å². The van der Waals surface area contributed by atoms with Crippen molar-refractivity contribution < 1.29 is 53.1 Å². The van der Waals surface area contributed by atoms with Crippen LogP contribution in [0.25, 0.3) is 5.82 Å². The molecule has 17 nitrogen and oxygen atoms in total. The summed E-state index contributed by atoms with van der Waals surface area (Å²) in [5, 5.41) is 32.5. The van der Waals surface area contributed by atoms with Crippen LogP contribution in [-0.2, 0) is 49.5 Å². The zero-order valence-electron chi connectivity index (χ0n) is 35.9. The number of ketones is 1. The number of esters is 1. The van der Waals surface area contributed by atoms with E-state index >= 15 is 0 Å². The molecule has 3 aliphatic heterocycles. The molecule has 59 heavy (non-hydrogen) atoms. The number of aromatic nitrogens is 3. The first kappa shape index (κ1) is 46.1. The minimum atomic E-state index is -1.83. The highest BCUT2D eigenvalue weighted by Crippen LogP contribution is 2.39. The van der Waals surface area contributed by atoms with E-state index in [1.165, 1.54) is 20.8 Å². The standard InChI is InChI=1S/C42H62N6O11/c1-11-33-42(8,53)34-18-31(45-28(6)49)24(2)19-41(7,55-23-30(22-54-34)46-56-21-29-13-14-35(43-20-29)48-16-12-15-44-48)38(26(4)36(50)27(5)39(52)58-33)59-40-37(51)32(47(9)10)17-25(3)57-40/h12-16,20,24-27,32-34,37-38,40,51,53H,11,17-19,21-23H2,1-10H3/b45-31?,46-30+/t24-,25-,26+,27-,32+,33-,34-,37-,38-,40?,41-,42-/m1/s1. The molecule has 12 atom stereocenters. The highest BCUT2D eigenvalue weighted by Gasteiger charge is 2.51. The molecular weight excluding hydrogens is 764 g/mol. The summed E-state index contributed by atoms with van der Waals surface area (Å²) in [6, 6.07) is 5.13. The van der Waals surface area contributed by atoms with Gasteiger partial charge < -0.3 is 43.6 Å². The maximum atomic E-state index is 14.5. The average Bonchev–Trinajstić information content (AvgIpc) is 3.73. The van der Waals surface area contributed by atoms with Gasteiger partial charge in [-0.25, -0.2) is 14.7 Å². The first-order chi connectivity index (χ1) is 27.8. The van der Waals surface area contributed by atoms with Crippen molar-refractivity contribution >= 4 is 29.1 Å². The monoisotopic (exact) mass is 826 g/mol. The van der Waals surface area contributed by atoms with Crippen LogP contribution in [0.15, 0.2) is 46.9 Å². The molecule has 3 aliphatic rings. The lowest BCUT2D eigenvalue weighted by Crippen LogP contribution is -2.59. The molecule has 0 aliphatic carbocycles. The first-order valence-electron chi connectivity index (χ1n) is 20.4. The normalized spacial score (nSPS) is 36.8. The van der Waals surface area contributed by atoms with Crippen molar-refractivity contribution in [2.24, 2.45) is 27.9 Å². The number of aliphatic imine (C=N–C) groups is 1. The third kappa shape index (κ3) is 11.1. The Labute approximate surface area is 346 Å². The minimum Gasteiger partial charge on any atom is -0.459 e. The lowest BCUT2D eigenvalue weighted by molar-refractivity contribution is -0.296. The number of rotatable bonds is 8. The van der Waals surface area contributed by atoms with Gasteiger partial charge in [0.2, 0.25) is 5.91 Å². The maximum absolute atomic E-state index is 14.5. The Morgan fingerprint density at radius 3 is 2.51 bits per heavy atom. The van der Waals surface area contributed by atoms with E-state index in [0.717, 1.165) is 5.56 Å². The predicted octanol–water partition coefficient (Wildman–Crippen LogP) is 3.46. The summed E-state index contributed by atoms with van der Waals surface area (Å²) in [4.78, 5) is 57.6. The van der Waals surface area contributed by atoms with E-state index in [0.29, 0.717) is 23.7 Å². The van der Waals surface area contributed by atoms with Crippen molar-refractivity contribution in [2.45, 2.75) is 142 Å². The van der Waals surface area contributed by atoms with Gasteiger partial charge in [0.15, 0.2) is 17.9 Å². The quantitative estimate of drug-likeness (QED) is 0.222. The molecule has 3 fully saturated rings. The van der Waals surface area contributed by atoms with E-state index in [4.69, 9.17) is 28.5 Å². The van der Waals surface area contributed by atoms with Gasteiger partial charge in [0.1, 0.15) is 36.0 Å². The van der Waals surface area contributed by atoms with Gasteiger partial charge in [0, 0.05) is 55.2 Å². The molecule has 326 valence electrons. The second kappa shape index (κ2) is 19.6. The Morgan fingerprint density at radius 1 is 1.14 bits per heavy atom. The molecule has 2 aromatic rings. The van der Waals surface area contributed by atoms with Gasteiger partial charge in [0.25, 0.3) is 0 Å². The largest absolute Gasteiger partial charge is 0.459 e. The van der Waals surface area contributed by atoms with Crippen LogP contribution in [0, 0.1) is 17.8 Å². The predicted molar refractivity (Wildman–Crippen MR) is 216 cm³/mol. The van der Waals surface area contributed by atoms with Crippen LogP contribution in [0.5, 0.6) is 0 Å². The Bertz CT molecular complexity index is 1800. The molecule has 17 heteroatoms. The molecule has 2 N–H and O–H groups in total. The summed E-state index contributed by atoms with van der Waals surface area (Å²) >= 11 is 0. The van der Waals surface area contributed by atoms with Crippen LogP contribution in [0.2, 0.25) is 0 Å². The van der Waals surface area contributed by atoms with Gasteiger partial charge >= 0.3 is 5.97 Å². The van der Waals surface area contributed by atoms with Crippen LogP contribution >= 0.6 is 0 Å². The number of hydrogen-bond donors (Lipinski definition) is 2. The van der Waals surface area contributed by atoms with Crippen LogP contribution in [-0.4, -0.2) is 140 Å².